The van der Waals surface area contributed by atoms with Crippen LogP contribution < -0.4 is 10.2 Å². The van der Waals surface area contributed by atoms with Crippen molar-refractivity contribution in [3.8, 4) is 0 Å². The van der Waals surface area contributed by atoms with Crippen LogP contribution in [0.5, 0.6) is 0 Å². The first-order valence-electron chi connectivity index (χ1n) is 7.57. The van der Waals surface area contributed by atoms with Crippen molar-refractivity contribution >= 4 is 40.2 Å². The van der Waals surface area contributed by atoms with Crippen molar-refractivity contribution in [1.82, 2.24) is 20.3 Å². The molecular weight excluding hydrogens is 332 g/mol. The topological polar surface area (TPSA) is 89.2 Å². The van der Waals surface area contributed by atoms with Crippen molar-refractivity contribution < 1.29 is 9.37 Å². The van der Waals surface area contributed by atoms with Crippen molar-refractivity contribution in [2.45, 2.75) is 6.92 Å². The molecular formula is C15H15ClN6O2. The summed E-state index contributed by atoms with van der Waals surface area (Å²) >= 11 is 6.21. The molecule has 0 unspecified atom stereocenters. The van der Waals surface area contributed by atoms with Crippen LogP contribution >= 0.6 is 11.6 Å². The van der Waals surface area contributed by atoms with E-state index in [4.69, 9.17) is 21.0 Å². The highest BCUT2D eigenvalue weighted by Gasteiger charge is 2.20. The molecule has 1 aliphatic heterocycles. The molecule has 3 aromatic rings. The smallest absolute Gasteiger partial charge is 0.245 e. The van der Waals surface area contributed by atoms with E-state index in [9.17, 15) is 0 Å². The standard InChI is InChI=1S/C15H15ClN6O2/c1-9-2-3-10(8-11(9)16)17-14-15(22-4-6-23-7-5-22)19-13-12(18-14)20-24-21-13/h2-3,8H,4-7H2,1H3,(H,17,18,20). The number of anilines is 3. The van der Waals surface area contributed by atoms with E-state index in [-0.39, 0.29) is 0 Å². The molecule has 0 saturated carbocycles. The lowest BCUT2D eigenvalue weighted by atomic mass is 10.2. The first-order valence-corrected chi connectivity index (χ1v) is 7.95. The minimum atomic E-state index is 0.354. The van der Waals surface area contributed by atoms with E-state index in [1.165, 1.54) is 0 Å². The molecule has 0 radical (unpaired) electrons. The number of halogens is 1. The third kappa shape index (κ3) is 2.85. The van der Waals surface area contributed by atoms with E-state index >= 15 is 0 Å². The van der Waals surface area contributed by atoms with Crippen molar-refractivity contribution in [2.24, 2.45) is 0 Å². The maximum atomic E-state index is 6.21. The average Bonchev–Trinajstić information content (AvgIpc) is 3.05. The van der Waals surface area contributed by atoms with Gasteiger partial charge in [-0.1, -0.05) is 17.7 Å². The number of morpholine rings is 1. The van der Waals surface area contributed by atoms with Gasteiger partial charge in [0.15, 0.2) is 11.6 Å². The van der Waals surface area contributed by atoms with E-state index in [2.05, 4.69) is 30.5 Å². The zero-order valence-corrected chi connectivity index (χ0v) is 13.7. The number of hydrogen-bond acceptors (Lipinski definition) is 8. The van der Waals surface area contributed by atoms with Crippen LogP contribution in [0.25, 0.3) is 11.3 Å². The minimum Gasteiger partial charge on any atom is -0.378 e. The van der Waals surface area contributed by atoms with Crippen LogP contribution in [0.4, 0.5) is 17.3 Å². The number of fused-ring (bicyclic) bond motifs is 1. The molecule has 9 heteroatoms. The van der Waals surface area contributed by atoms with E-state index in [1.54, 1.807) is 0 Å². The van der Waals surface area contributed by atoms with Crippen LogP contribution in [0, 0.1) is 6.92 Å². The molecule has 2 aromatic heterocycles. The maximum absolute atomic E-state index is 6.21. The highest BCUT2D eigenvalue weighted by molar-refractivity contribution is 6.31. The SMILES string of the molecule is Cc1ccc(Nc2nc3nonc3nc2N2CCOCC2)cc1Cl. The Morgan fingerprint density at radius 1 is 1.12 bits per heavy atom. The Hall–Kier alpha value is -2.45. The van der Waals surface area contributed by atoms with Crippen LogP contribution in [0.3, 0.4) is 0 Å². The van der Waals surface area contributed by atoms with Crippen LogP contribution in [0.1, 0.15) is 5.56 Å². The lowest BCUT2D eigenvalue weighted by Crippen LogP contribution is -2.37. The van der Waals surface area contributed by atoms with Crippen molar-refractivity contribution in [1.29, 1.82) is 0 Å². The van der Waals surface area contributed by atoms with Crippen LogP contribution in [0.15, 0.2) is 22.8 Å². The van der Waals surface area contributed by atoms with Gasteiger partial charge < -0.3 is 15.0 Å². The number of hydrogen-bond donors (Lipinski definition) is 1. The third-order valence-corrected chi connectivity index (χ3v) is 4.25. The normalized spacial score (nSPS) is 15.0. The molecule has 0 atom stereocenters. The Kier molecular flexibility index (Phi) is 3.91. The summed E-state index contributed by atoms with van der Waals surface area (Å²) in [7, 11) is 0. The van der Waals surface area contributed by atoms with Crippen LogP contribution in [-0.4, -0.2) is 46.6 Å². The summed E-state index contributed by atoms with van der Waals surface area (Å²) in [5, 5.41) is 11.5. The Bertz CT molecular complexity index is 878. The zero-order chi connectivity index (χ0) is 16.5. The van der Waals surface area contributed by atoms with Gasteiger partial charge in [-0.3, -0.25) is 0 Å². The number of nitrogens with zero attached hydrogens (tertiary/aromatic N) is 5. The zero-order valence-electron chi connectivity index (χ0n) is 13.0. The van der Waals surface area contributed by atoms with Gasteiger partial charge in [0.25, 0.3) is 0 Å². The molecule has 1 aliphatic rings. The van der Waals surface area contributed by atoms with E-state index in [1.807, 2.05) is 25.1 Å². The molecule has 24 heavy (non-hydrogen) atoms. The minimum absolute atomic E-state index is 0.354. The summed E-state index contributed by atoms with van der Waals surface area (Å²) in [6, 6.07) is 5.74. The summed E-state index contributed by atoms with van der Waals surface area (Å²) in [4.78, 5) is 11.1. The summed E-state index contributed by atoms with van der Waals surface area (Å²) in [6.45, 7) is 4.71. The molecule has 1 N–H and O–H groups in total. The highest BCUT2D eigenvalue weighted by atomic mass is 35.5. The highest BCUT2D eigenvalue weighted by Crippen LogP contribution is 2.29. The lowest BCUT2D eigenvalue weighted by molar-refractivity contribution is 0.122. The first-order chi connectivity index (χ1) is 11.7. The molecule has 1 fully saturated rings. The fourth-order valence-electron chi connectivity index (χ4n) is 2.52. The fourth-order valence-corrected chi connectivity index (χ4v) is 2.70. The van der Waals surface area contributed by atoms with Gasteiger partial charge in [-0.15, -0.1) is 0 Å². The van der Waals surface area contributed by atoms with E-state index < -0.39 is 0 Å². The number of ether oxygens (including phenoxy) is 1. The largest absolute Gasteiger partial charge is 0.378 e. The Morgan fingerprint density at radius 3 is 2.62 bits per heavy atom. The molecule has 3 heterocycles. The van der Waals surface area contributed by atoms with Crippen molar-refractivity contribution in [3.05, 3.63) is 28.8 Å². The molecule has 8 nitrogen and oxygen atoms in total. The molecule has 124 valence electrons. The molecule has 0 aliphatic carbocycles. The van der Waals surface area contributed by atoms with Gasteiger partial charge in [-0.2, -0.15) is 0 Å². The molecule has 1 saturated heterocycles. The summed E-state index contributed by atoms with van der Waals surface area (Å²) in [5.41, 5.74) is 2.57. The number of nitrogens with one attached hydrogen (secondary N) is 1. The van der Waals surface area contributed by atoms with Gasteiger partial charge in [-0.05, 0) is 34.9 Å². The Balaban J connectivity index is 1.75. The average molecular weight is 347 g/mol. The second-order valence-corrected chi connectivity index (χ2v) is 5.90. The van der Waals surface area contributed by atoms with Crippen molar-refractivity contribution in [3.63, 3.8) is 0 Å². The first kappa shape index (κ1) is 15.1. The quantitative estimate of drug-likeness (QED) is 0.774. The van der Waals surface area contributed by atoms with E-state index in [0.717, 1.165) is 24.3 Å². The van der Waals surface area contributed by atoms with Gasteiger partial charge in [0.1, 0.15) is 0 Å². The number of aromatic nitrogens is 4. The molecule has 0 spiro atoms. The third-order valence-electron chi connectivity index (χ3n) is 3.84. The predicted octanol–water partition coefficient (Wildman–Crippen LogP) is 2.55. The van der Waals surface area contributed by atoms with Crippen molar-refractivity contribution in [2.75, 3.05) is 36.5 Å². The van der Waals surface area contributed by atoms with Crippen LogP contribution in [-0.2, 0) is 4.74 Å². The Morgan fingerprint density at radius 2 is 1.88 bits per heavy atom. The van der Waals surface area contributed by atoms with E-state index in [0.29, 0.717) is 41.2 Å². The molecule has 0 bridgehead atoms. The number of benzene rings is 1. The fraction of sp³-hybridized carbons (Fsp3) is 0.333. The second kappa shape index (κ2) is 6.21. The van der Waals surface area contributed by atoms with Gasteiger partial charge >= 0.3 is 0 Å². The Labute approximate surface area is 142 Å². The van der Waals surface area contributed by atoms with Gasteiger partial charge in [-0.25, -0.2) is 14.6 Å². The number of aryl methyl sites for hydroxylation is 1. The maximum Gasteiger partial charge on any atom is 0.245 e. The predicted molar refractivity (Wildman–Crippen MR) is 89.9 cm³/mol. The van der Waals surface area contributed by atoms with Gasteiger partial charge in [0.2, 0.25) is 11.3 Å². The monoisotopic (exact) mass is 346 g/mol. The molecule has 1 aromatic carbocycles. The number of rotatable bonds is 3. The lowest BCUT2D eigenvalue weighted by Gasteiger charge is -2.28. The van der Waals surface area contributed by atoms with Gasteiger partial charge in [0.05, 0.1) is 13.2 Å². The molecule has 4 rings (SSSR count). The molecule has 0 amide bonds. The summed E-state index contributed by atoms with van der Waals surface area (Å²) < 4.78 is 10.1. The van der Waals surface area contributed by atoms with Crippen LogP contribution in [0.2, 0.25) is 5.02 Å². The summed E-state index contributed by atoms with van der Waals surface area (Å²) in [6.07, 6.45) is 0. The second-order valence-electron chi connectivity index (χ2n) is 5.50. The summed E-state index contributed by atoms with van der Waals surface area (Å²) in [5.74, 6) is 1.28. The van der Waals surface area contributed by atoms with Gasteiger partial charge in [0, 0.05) is 23.8 Å².